The number of nitrogens with one attached hydrogen (secondary N) is 1. The minimum atomic E-state index is -0.493. The van der Waals surface area contributed by atoms with Gasteiger partial charge < -0.3 is 14.5 Å². The second kappa shape index (κ2) is 5.14. The first-order valence-corrected chi connectivity index (χ1v) is 5.53. The lowest BCUT2D eigenvalue weighted by atomic mass is 10.1. The van der Waals surface area contributed by atoms with Gasteiger partial charge in [0.05, 0.1) is 26.1 Å². The lowest BCUT2D eigenvalue weighted by Crippen LogP contribution is -1.96. The van der Waals surface area contributed by atoms with Gasteiger partial charge in [0, 0.05) is 11.6 Å². The van der Waals surface area contributed by atoms with E-state index < -0.39 is 5.82 Å². The van der Waals surface area contributed by atoms with Gasteiger partial charge >= 0.3 is 0 Å². The number of hydrogen-bond acceptors (Lipinski definition) is 4. The lowest BCUT2D eigenvalue weighted by Gasteiger charge is -2.10. The van der Waals surface area contributed by atoms with Crippen LogP contribution in [0.2, 0.25) is 0 Å². The van der Waals surface area contributed by atoms with Crippen LogP contribution in [-0.4, -0.2) is 24.2 Å². The fourth-order valence-corrected chi connectivity index (χ4v) is 1.73. The van der Waals surface area contributed by atoms with E-state index in [0.717, 1.165) is 6.20 Å². The van der Waals surface area contributed by atoms with Crippen LogP contribution >= 0.6 is 12.2 Å². The average molecular weight is 266 g/mol. The maximum absolute atomic E-state index is 13.7. The topological polar surface area (TPSA) is 47.1 Å². The van der Waals surface area contributed by atoms with Gasteiger partial charge in [-0.15, -0.1) is 0 Å². The number of benzene rings is 1. The number of hydrogen-bond donors (Lipinski definition) is 1. The molecule has 0 atom stereocenters. The fourth-order valence-electron chi connectivity index (χ4n) is 1.58. The molecule has 1 N–H and O–H groups in total. The number of aromatic nitrogens is 2. The number of ether oxygens (including phenoxy) is 2. The van der Waals surface area contributed by atoms with Gasteiger partial charge in [0.1, 0.15) is 11.5 Å². The van der Waals surface area contributed by atoms with Crippen LogP contribution in [0.4, 0.5) is 4.39 Å². The summed E-state index contributed by atoms with van der Waals surface area (Å²) in [7, 11) is 3.06. The van der Waals surface area contributed by atoms with Crippen molar-refractivity contribution in [3.05, 3.63) is 35.0 Å². The minimum Gasteiger partial charge on any atom is -0.497 e. The first-order valence-electron chi connectivity index (χ1n) is 5.13. The van der Waals surface area contributed by atoms with Crippen molar-refractivity contribution in [1.82, 2.24) is 9.97 Å². The van der Waals surface area contributed by atoms with Crippen LogP contribution in [-0.2, 0) is 0 Å². The molecule has 1 aromatic carbocycles. The molecule has 18 heavy (non-hydrogen) atoms. The zero-order valence-corrected chi connectivity index (χ0v) is 10.7. The van der Waals surface area contributed by atoms with Crippen molar-refractivity contribution in [1.29, 1.82) is 0 Å². The molecule has 94 valence electrons. The van der Waals surface area contributed by atoms with Crippen LogP contribution in [0.15, 0.2) is 24.4 Å². The van der Waals surface area contributed by atoms with Crippen molar-refractivity contribution in [3.63, 3.8) is 0 Å². The summed E-state index contributed by atoms with van der Waals surface area (Å²) in [5.74, 6) is 0.626. The third kappa shape index (κ3) is 2.33. The molecule has 1 heterocycles. The van der Waals surface area contributed by atoms with Crippen molar-refractivity contribution >= 4 is 12.2 Å². The number of H-pyrrole nitrogens is 1. The summed E-state index contributed by atoms with van der Waals surface area (Å²) in [4.78, 5) is 6.38. The molecule has 0 aliphatic heterocycles. The Kier molecular flexibility index (Phi) is 3.57. The summed E-state index contributed by atoms with van der Waals surface area (Å²) in [5.41, 5.74) is 0.804. The Morgan fingerprint density at radius 1 is 1.28 bits per heavy atom. The van der Waals surface area contributed by atoms with Crippen molar-refractivity contribution in [2.45, 2.75) is 0 Å². The second-order valence-corrected chi connectivity index (χ2v) is 3.86. The third-order valence-electron chi connectivity index (χ3n) is 2.44. The van der Waals surface area contributed by atoms with Gasteiger partial charge in [0.2, 0.25) is 0 Å². The van der Waals surface area contributed by atoms with Gasteiger partial charge in [-0.25, -0.2) is 9.37 Å². The highest BCUT2D eigenvalue weighted by Gasteiger charge is 2.12. The molecule has 0 spiro atoms. The van der Waals surface area contributed by atoms with E-state index in [1.54, 1.807) is 25.3 Å². The van der Waals surface area contributed by atoms with Gasteiger partial charge in [0.15, 0.2) is 10.6 Å². The average Bonchev–Trinajstić information content (AvgIpc) is 2.41. The normalized spacial score (nSPS) is 10.2. The summed E-state index contributed by atoms with van der Waals surface area (Å²) in [5, 5.41) is 0. The summed E-state index contributed by atoms with van der Waals surface area (Å²) < 4.78 is 24.2. The molecular weight excluding hydrogens is 255 g/mol. The maximum atomic E-state index is 13.7. The monoisotopic (exact) mass is 266 g/mol. The highest BCUT2D eigenvalue weighted by Crippen LogP contribution is 2.33. The molecule has 0 aliphatic carbocycles. The summed E-state index contributed by atoms with van der Waals surface area (Å²) in [6.07, 6.45) is 1.08. The zero-order valence-electron chi connectivity index (χ0n) is 9.86. The molecule has 6 heteroatoms. The first-order chi connectivity index (χ1) is 8.65. The van der Waals surface area contributed by atoms with E-state index in [-0.39, 0.29) is 10.5 Å². The molecule has 0 fully saturated rings. The van der Waals surface area contributed by atoms with Crippen LogP contribution in [0.25, 0.3) is 11.3 Å². The molecule has 0 aliphatic rings. The van der Waals surface area contributed by atoms with E-state index >= 15 is 0 Å². The molecule has 1 aromatic heterocycles. The SMILES string of the molecule is COc1ccc(-c2[nH]c(=S)ncc2F)c(OC)c1. The van der Waals surface area contributed by atoms with E-state index in [1.807, 2.05) is 0 Å². The number of nitrogens with zero attached hydrogens (tertiary/aromatic N) is 1. The molecule has 0 bridgehead atoms. The molecule has 2 aromatic rings. The first kappa shape index (κ1) is 12.5. The Balaban J connectivity index is 2.63. The predicted molar refractivity (Wildman–Crippen MR) is 67.9 cm³/mol. The quantitative estimate of drug-likeness (QED) is 0.868. The van der Waals surface area contributed by atoms with Crippen molar-refractivity contribution in [2.24, 2.45) is 0 Å². The summed E-state index contributed by atoms with van der Waals surface area (Å²) >= 11 is 4.89. The van der Waals surface area contributed by atoms with Crippen LogP contribution in [0, 0.1) is 10.6 Å². The molecule has 4 nitrogen and oxygen atoms in total. The summed E-state index contributed by atoms with van der Waals surface area (Å²) in [6, 6.07) is 5.09. The highest BCUT2D eigenvalue weighted by molar-refractivity contribution is 7.71. The smallest absolute Gasteiger partial charge is 0.197 e. The Bertz CT molecular complexity index is 628. The van der Waals surface area contributed by atoms with E-state index in [9.17, 15) is 4.39 Å². The number of methoxy groups -OCH3 is 2. The molecular formula is C12H11FN2O2S. The largest absolute Gasteiger partial charge is 0.497 e. The van der Waals surface area contributed by atoms with Crippen molar-refractivity contribution in [2.75, 3.05) is 14.2 Å². The zero-order chi connectivity index (χ0) is 13.1. The Hall–Kier alpha value is -1.95. The van der Waals surface area contributed by atoms with Crippen molar-refractivity contribution in [3.8, 4) is 22.8 Å². The molecule has 0 saturated heterocycles. The number of halogens is 1. The molecule has 0 unspecified atom stereocenters. The van der Waals surface area contributed by atoms with E-state index in [1.165, 1.54) is 7.11 Å². The van der Waals surface area contributed by atoms with Gasteiger partial charge in [-0.05, 0) is 24.4 Å². The Labute approximate surface area is 108 Å². The maximum Gasteiger partial charge on any atom is 0.197 e. The van der Waals surface area contributed by atoms with Crippen LogP contribution in [0.3, 0.4) is 0 Å². The van der Waals surface area contributed by atoms with Gasteiger partial charge in [-0.1, -0.05) is 0 Å². The standard InChI is InChI=1S/C12H11FN2O2S/c1-16-7-3-4-8(10(5-7)17-2)11-9(13)6-14-12(18)15-11/h3-6H,1-2H3,(H,14,15,18). The Morgan fingerprint density at radius 2 is 2.06 bits per heavy atom. The van der Waals surface area contributed by atoms with Gasteiger partial charge in [0.25, 0.3) is 0 Å². The van der Waals surface area contributed by atoms with Crippen LogP contribution in [0.1, 0.15) is 0 Å². The molecule has 0 saturated carbocycles. The second-order valence-electron chi connectivity index (χ2n) is 3.48. The molecule has 0 radical (unpaired) electrons. The van der Waals surface area contributed by atoms with E-state index in [4.69, 9.17) is 21.7 Å². The molecule has 0 amide bonds. The lowest BCUT2D eigenvalue weighted by molar-refractivity contribution is 0.395. The van der Waals surface area contributed by atoms with Crippen molar-refractivity contribution < 1.29 is 13.9 Å². The summed E-state index contributed by atoms with van der Waals surface area (Å²) in [6.45, 7) is 0. The van der Waals surface area contributed by atoms with Gasteiger partial charge in [-0.2, -0.15) is 0 Å². The highest BCUT2D eigenvalue weighted by atomic mass is 32.1. The van der Waals surface area contributed by atoms with Crippen LogP contribution in [0.5, 0.6) is 11.5 Å². The third-order valence-corrected chi connectivity index (χ3v) is 2.65. The van der Waals surface area contributed by atoms with E-state index in [0.29, 0.717) is 17.1 Å². The number of aromatic amines is 1. The van der Waals surface area contributed by atoms with E-state index in [2.05, 4.69) is 9.97 Å². The predicted octanol–water partition coefficient (Wildman–Crippen LogP) is 2.96. The molecule has 2 rings (SSSR count). The minimum absolute atomic E-state index is 0.212. The van der Waals surface area contributed by atoms with Crippen LogP contribution < -0.4 is 9.47 Å². The number of rotatable bonds is 3. The fraction of sp³-hybridized carbons (Fsp3) is 0.167. The Morgan fingerprint density at radius 3 is 2.72 bits per heavy atom. The van der Waals surface area contributed by atoms with Gasteiger partial charge in [-0.3, -0.25) is 0 Å².